The van der Waals surface area contributed by atoms with E-state index >= 15 is 0 Å². The minimum Gasteiger partial charge on any atom is -0.0622 e. The van der Waals surface area contributed by atoms with Crippen LogP contribution in [0, 0.1) is 0 Å². The van der Waals surface area contributed by atoms with E-state index in [1.54, 1.807) is 0 Å². The van der Waals surface area contributed by atoms with Crippen LogP contribution >= 0.6 is 44.9 Å². The van der Waals surface area contributed by atoms with Crippen LogP contribution in [0.3, 0.4) is 0 Å². The Morgan fingerprint density at radius 3 is 0.500 bits per heavy atom. The Labute approximate surface area is 269 Å². The van der Waals surface area contributed by atoms with Crippen LogP contribution in [0.4, 0.5) is 0 Å². The van der Waals surface area contributed by atoms with E-state index in [9.17, 15) is 0 Å². The van der Waals surface area contributed by atoms with Crippen LogP contribution in [0.25, 0.3) is 0 Å². The summed E-state index contributed by atoms with van der Waals surface area (Å²) in [4.78, 5) is 0. The number of hydrogen-bond donors (Lipinski definition) is 0. The third kappa shape index (κ3) is 10.4. The van der Waals surface area contributed by atoms with Crippen molar-refractivity contribution in [3.05, 3.63) is 182 Å². The van der Waals surface area contributed by atoms with Crippen LogP contribution in [-0.2, 0) is 13.0 Å². The molecule has 0 unspecified atom stereocenters. The summed E-state index contributed by atoms with van der Waals surface area (Å²) in [6.07, 6.45) is 0. The first-order valence-corrected chi connectivity index (χ1v) is 22.2. The van der Waals surface area contributed by atoms with Crippen LogP contribution < -0.4 is 31.8 Å². The molecule has 0 amide bonds. The summed E-state index contributed by atoms with van der Waals surface area (Å²) < 4.78 is 0. The van der Waals surface area contributed by atoms with Crippen LogP contribution in [0.15, 0.2) is 182 Å². The quantitative estimate of drug-likeness (QED) is 0.119. The van der Waals surface area contributed by atoms with Gasteiger partial charge in [-0.3, -0.25) is 0 Å². The maximum absolute atomic E-state index is 4.94. The van der Waals surface area contributed by atoms with Crippen LogP contribution in [0.2, 0.25) is 0 Å². The number of halogens is 3. The summed E-state index contributed by atoms with van der Waals surface area (Å²) in [6, 6.07) is 64.7. The third-order valence-electron chi connectivity index (χ3n) is 6.09. The van der Waals surface area contributed by atoms with E-state index in [0.717, 1.165) is 0 Å². The second-order valence-corrected chi connectivity index (χ2v) is 20.7. The SMILES string of the molecule is [Cl][Rh]([Cl])[Cl].c1ccc(P(c2ccccc2)c2ccccc2)cc1.c1ccc(P(c2ccccc2)c2ccccc2)cc1. The zero-order chi connectivity index (χ0) is 29.4. The first kappa shape index (κ1) is 32.6. The summed E-state index contributed by atoms with van der Waals surface area (Å²) in [7, 11) is 13.9. The standard InChI is InChI=1S/2C18H15P.3ClH.Rh/c2*1-4-10-16(11-5-1)19(17-12-6-2-7-13-17)18-14-8-3-9-15-18;;;;/h2*1-15H;3*1H;/q;;;;;+3/p-3. The summed E-state index contributed by atoms with van der Waals surface area (Å²) >= 11 is -1.66. The molecule has 0 aliphatic heterocycles. The van der Waals surface area contributed by atoms with Crippen molar-refractivity contribution in [3.8, 4) is 0 Å². The summed E-state index contributed by atoms with van der Waals surface area (Å²) in [5, 5.41) is 8.39. The van der Waals surface area contributed by atoms with Gasteiger partial charge < -0.3 is 0 Å². The Balaban J connectivity index is 0.000000171. The number of rotatable bonds is 6. The molecule has 0 aromatic heterocycles. The maximum Gasteiger partial charge on any atom is -0.0134 e. The van der Waals surface area contributed by atoms with Gasteiger partial charge in [0.1, 0.15) is 0 Å². The van der Waals surface area contributed by atoms with Gasteiger partial charge in [0.05, 0.1) is 0 Å². The fraction of sp³-hybridized carbons (Fsp3) is 0. The van der Waals surface area contributed by atoms with Crippen LogP contribution in [0.1, 0.15) is 0 Å². The van der Waals surface area contributed by atoms with Crippen molar-refractivity contribution < 1.29 is 13.0 Å². The van der Waals surface area contributed by atoms with Gasteiger partial charge in [0.15, 0.2) is 0 Å². The molecule has 0 atom stereocenters. The average Bonchev–Trinajstić information content (AvgIpc) is 3.05. The average molecular weight is 734 g/mol. The third-order valence-corrected chi connectivity index (χ3v) is 11.0. The molecule has 0 nitrogen and oxygen atoms in total. The second kappa shape index (κ2) is 18.4. The van der Waals surface area contributed by atoms with E-state index in [2.05, 4.69) is 182 Å². The molecule has 42 heavy (non-hydrogen) atoms. The molecule has 6 aromatic rings. The molecule has 0 aliphatic carbocycles. The Hall–Kier alpha value is -2.33. The van der Waals surface area contributed by atoms with Gasteiger partial charge in [-0.2, -0.15) is 0 Å². The van der Waals surface area contributed by atoms with Crippen molar-refractivity contribution >= 4 is 76.7 Å². The van der Waals surface area contributed by atoms with Crippen LogP contribution in [-0.4, -0.2) is 0 Å². The van der Waals surface area contributed by atoms with Gasteiger partial charge in [-0.05, 0) is 47.7 Å². The Morgan fingerprint density at radius 1 is 0.262 bits per heavy atom. The topological polar surface area (TPSA) is 0 Å². The molecule has 0 aliphatic rings. The van der Waals surface area contributed by atoms with E-state index in [1.165, 1.54) is 31.8 Å². The molecule has 0 N–H and O–H groups in total. The monoisotopic (exact) mass is 732 g/mol. The van der Waals surface area contributed by atoms with Gasteiger partial charge in [-0.1, -0.05) is 182 Å². The minimum atomic E-state index is -1.66. The molecule has 0 radical (unpaired) electrons. The van der Waals surface area contributed by atoms with E-state index in [0.29, 0.717) is 0 Å². The molecule has 6 aromatic carbocycles. The second-order valence-electron chi connectivity index (χ2n) is 8.83. The molecule has 0 saturated heterocycles. The van der Waals surface area contributed by atoms with Crippen molar-refractivity contribution in [1.82, 2.24) is 0 Å². The Morgan fingerprint density at radius 2 is 0.381 bits per heavy atom. The van der Waals surface area contributed by atoms with Gasteiger partial charge in [-0.15, -0.1) is 0 Å². The molecule has 0 fully saturated rings. The zero-order valence-corrected chi connectivity index (χ0v) is 28.4. The van der Waals surface area contributed by atoms with E-state index < -0.39 is 28.8 Å². The normalized spacial score (nSPS) is 10.6. The van der Waals surface area contributed by atoms with Crippen LogP contribution in [0.5, 0.6) is 0 Å². The molecule has 6 rings (SSSR count). The Kier molecular flexibility index (Phi) is 14.2. The van der Waals surface area contributed by atoms with Crippen molar-refractivity contribution in [2.24, 2.45) is 0 Å². The predicted octanol–water partition coefficient (Wildman–Crippen LogP) is 8.96. The van der Waals surface area contributed by atoms with Crippen molar-refractivity contribution in [1.29, 1.82) is 0 Å². The van der Waals surface area contributed by atoms with Crippen molar-refractivity contribution in [2.45, 2.75) is 0 Å². The first-order valence-electron chi connectivity index (χ1n) is 13.2. The molecular weight excluding hydrogens is 704 g/mol. The van der Waals surface area contributed by atoms with Gasteiger partial charge in [0, 0.05) is 0 Å². The molecule has 0 spiro atoms. The van der Waals surface area contributed by atoms with Gasteiger partial charge in [-0.25, -0.2) is 0 Å². The van der Waals surface area contributed by atoms with Crippen molar-refractivity contribution in [2.75, 3.05) is 0 Å². The maximum atomic E-state index is 4.94. The van der Waals surface area contributed by atoms with Gasteiger partial charge in [0.25, 0.3) is 0 Å². The summed E-state index contributed by atoms with van der Waals surface area (Å²) in [6.45, 7) is 0. The zero-order valence-electron chi connectivity index (χ0n) is 22.7. The largest absolute Gasteiger partial charge is 0.0622 e. The number of benzene rings is 6. The smallest absolute Gasteiger partial charge is 0.0134 e. The predicted molar refractivity (Wildman–Crippen MR) is 188 cm³/mol. The van der Waals surface area contributed by atoms with Crippen molar-refractivity contribution in [3.63, 3.8) is 0 Å². The molecular formula is C36H30Cl3P2Rh. The molecule has 0 bridgehead atoms. The molecule has 214 valence electrons. The molecule has 0 heterocycles. The molecule has 0 saturated carbocycles. The fourth-order valence-electron chi connectivity index (χ4n) is 4.36. The van der Waals surface area contributed by atoms with E-state index in [-0.39, 0.29) is 0 Å². The summed E-state index contributed by atoms with van der Waals surface area (Å²) in [5.41, 5.74) is 0. The minimum absolute atomic E-state index is 0.446. The molecule has 6 heteroatoms. The Bertz CT molecular complexity index is 1230. The van der Waals surface area contributed by atoms with Gasteiger partial charge >= 0.3 is 42.1 Å². The van der Waals surface area contributed by atoms with E-state index in [1.807, 2.05) is 0 Å². The fourth-order valence-corrected chi connectivity index (χ4v) is 8.97. The van der Waals surface area contributed by atoms with Gasteiger partial charge in [0.2, 0.25) is 0 Å². The summed E-state index contributed by atoms with van der Waals surface area (Å²) in [5.74, 6) is 0. The number of hydrogen-bond acceptors (Lipinski definition) is 0. The van der Waals surface area contributed by atoms with E-state index in [4.69, 9.17) is 29.1 Å². The first-order chi connectivity index (χ1) is 20.6.